The number of nitrogens with zero attached hydrogens (tertiary/aromatic N) is 1. The Morgan fingerprint density at radius 3 is 2.53 bits per heavy atom. The molecule has 4 unspecified atom stereocenters. The van der Waals surface area contributed by atoms with Crippen LogP contribution in [-0.2, 0) is 0 Å². The van der Waals surface area contributed by atoms with Crippen LogP contribution in [0.25, 0.3) is 0 Å². The van der Waals surface area contributed by atoms with Crippen molar-refractivity contribution < 1.29 is 5.11 Å². The summed E-state index contributed by atoms with van der Waals surface area (Å²) in [5.74, 6) is 1.89. The lowest BCUT2D eigenvalue weighted by Gasteiger charge is -2.26. The number of aliphatic hydroxyl groups excluding tert-OH is 1. The van der Waals surface area contributed by atoms with Gasteiger partial charge < -0.3 is 15.3 Å². The molecule has 2 bridgehead atoms. The first-order valence-corrected chi connectivity index (χ1v) is 7.36. The predicted molar refractivity (Wildman–Crippen MR) is 71.0 cm³/mol. The van der Waals surface area contributed by atoms with E-state index < -0.39 is 0 Å². The normalized spacial score (nSPS) is 33.5. The summed E-state index contributed by atoms with van der Waals surface area (Å²) in [5.41, 5.74) is 0. The second-order valence-corrected chi connectivity index (χ2v) is 5.83. The fourth-order valence-corrected chi connectivity index (χ4v) is 3.63. The van der Waals surface area contributed by atoms with Crippen LogP contribution >= 0.6 is 0 Å². The summed E-state index contributed by atoms with van der Waals surface area (Å²) in [6.07, 6.45) is 5.43. The molecule has 0 radical (unpaired) electrons. The van der Waals surface area contributed by atoms with Crippen molar-refractivity contribution in [3.05, 3.63) is 0 Å². The number of likely N-dealkylation sites (N-methyl/N-ethyl adjacent to an activating group) is 1. The van der Waals surface area contributed by atoms with Gasteiger partial charge in [-0.05, 0) is 44.2 Å². The average Bonchev–Trinajstić information content (AvgIpc) is 2.95. The Bertz CT molecular complexity index is 230. The van der Waals surface area contributed by atoms with Crippen LogP contribution in [0.5, 0.6) is 0 Å². The quantitative estimate of drug-likeness (QED) is 0.707. The van der Waals surface area contributed by atoms with Gasteiger partial charge in [0.25, 0.3) is 0 Å². The summed E-state index contributed by atoms with van der Waals surface area (Å²) in [5, 5.41) is 13.6. The van der Waals surface area contributed by atoms with Crippen LogP contribution in [0, 0.1) is 11.8 Å². The Morgan fingerprint density at radius 2 is 2.00 bits per heavy atom. The Kier molecular flexibility index (Phi) is 4.83. The van der Waals surface area contributed by atoms with E-state index in [1.165, 1.54) is 25.7 Å². The van der Waals surface area contributed by atoms with Gasteiger partial charge in [0.05, 0.1) is 6.10 Å². The van der Waals surface area contributed by atoms with E-state index in [4.69, 9.17) is 0 Å². The third kappa shape index (κ3) is 3.43. The molecule has 0 amide bonds. The molecule has 2 N–H and O–H groups in total. The molecule has 0 spiro atoms. The van der Waals surface area contributed by atoms with Gasteiger partial charge in [0.2, 0.25) is 0 Å². The molecule has 2 aliphatic rings. The summed E-state index contributed by atoms with van der Waals surface area (Å²) in [4.78, 5) is 2.28. The van der Waals surface area contributed by atoms with Gasteiger partial charge in [-0.1, -0.05) is 20.3 Å². The molecule has 100 valence electrons. The number of aliphatic hydroxyl groups is 1. The topological polar surface area (TPSA) is 35.5 Å². The molecule has 2 rings (SSSR count). The van der Waals surface area contributed by atoms with Crippen molar-refractivity contribution in [2.24, 2.45) is 11.8 Å². The molecule has 2 fully saturated rings. The van der Waals surface area contributed by atoms with Crippen molar-refractivity contribution >= 4 is 0 Å². The smallest absolute Gasteiger partial charge is 0.0791 e. The fourth-order valence-electron chi connectivity index (χ4n) is 3.63. The molecule has 2 saturated carbocycles. The van der Waals surface area contributed by atoms with E-state index in [0.29, 0.717) is 6.04 Å². The molecule has 0 aromatic rings. The molecule has 0 aromatic carbocycles. The van der Waals surface area contributed by atoms with Gasteiger partial charge in [0.15, 0.2) is 0 Å². The number of fused-ring (bicyclic) bond motifs is 2. The maximum atomic E-state index is 10.0. The maximum absolute atomic E-state index is 10.0. The van der Waals surface area contributed by atoms with Crippen LogP contribution in [0.4, 0.5) is 0 Å². The van der Waals surface area contributed by atoms with Crippen LogP contribution in [-0.4, -0.2) is 48.3 Å². The lowest BCUT2D eigenvalue weighted by molar-refractivity contribution is 0.111. The van der Waals surface area contributed by atoms with Crippen LogP contribution < -0.4 is 5.32 Å². The molecule has 0 aromatic heterocycles. The molecular weight excluding hydrogens is 212 g/mol. The standard InChI is InChI=1S/C14H28N2O/c1-3-16(4-2)10-13(17)9-15-14-8-11-5-6-12(14)7-11/h11-15,17H,3-10H2,1-2H3. The van der Waals surface area contributed by atoms with E-state index in [-0.39, 0.29) is 6.10 Å². The zero-order valence-corrected chi connectivity index (χ0v) is 11.4. The van der Waals surface area contributed by atoms with Gasteiger partial charge in [0, 0.05) is 19.1 Å². The number of hydrogen-bond acceptors (Lipinski definition) is 3. The SMILES string of the molecule is CCN(CC)CC(O)CNC1CC2CCC1C2. The molecule has 4 atom stereocenters. The first kappa shape index (κ1) is 13.3. The highest BCUT2D eigenvalue weighted by Crippen LogP contribution is 2.44. The molecule has 17 heavy (non-hydrogen) atoms. The third-order valence-electron chi connectivity index (χ3n) is 4.72. The zero-order valence-electron chi connectivity index (χ0n) is 11.4. The van der Waals surface area contributed by atoms with Crippen LogP contribution in [0.1, 0.15) is 39.5 Å². The van der Waals surface area contributed by atoms with Crippen LogP contribution in [0.2, 0.25) is 0 Å². The third-order valence-corrected chi connectivity index (χ3v) is 4.72. The van der Waals surface area contributed by atoms with Gasteiger partial charge in [0.1, 0.15) is 0 Å². The van der Waals surface area contributed by atoms with Crippen molar-refractivity contribution in [2.75, 3.05) is 26.2 Å². The average molecular weight is 240 g/mol. The van der Waals surface area contributed by atoms with E-state index in [2.05, 4.69) is 24.1 Å². The van der Waals surface area contributed by atoms with Gasteiger partial charge in [-0.3, -0.25) is 0 Å². The first-order chi connectivity index (χ1) is 8.22. The molecule has 0 aliphatic heterocycles. The maximum Gasteiger partial charge on any atom is 0.0791 e. The molecule has 3 nitrogen and oxygen atoms in total. The summed E-state index contributed by atoms with van der Waals surface area (Å²) < 4.78 is 0. The van der Waals surface area contributed by atoms with Crippen LogP contribution in [0.3, 0.4) is 0 Å². The van der Waals surface area contributed by atoms with Gasteiger partial charge >= 0.3 is 0 Å². The van der Waals surface area contributed by atoms with Crippen molar-refractivity contribution in [2.45, 2.75) is 51.7 Å². The highest BCUT2D eigenvalue weighted by molar-refractivity contribution is 4.94. The fraction of sp³-hybridized carbons (Fsp3) is 1.00. The van der Waals surface area contributed by atoms with Crippen molar-refractivity contribution in [1.82, 2.24) is 10.2 Å². The minimum atomic E-state index is -0.214. The van der Waals surface area contributed by atoms with Gasteiger partial charge in [-0.25, -0.2) is 0 Å². The lowest BCUT2D eigenvalue weighted by atomic mass is 9.95. The van der Waals surface area contributed by atoms with E-state index >= 15 is 0 Å². The highest BCUT2D eigenvalue weighted by atomic mass is 16.3. The summed E-state index contributed by atoms with van der Waals surface area (Å²) in [7, 11) is 0. The minimum absolute atomic E-state index is 0.214. The van der Waals surface area contributed by atoms with E-state index in [0.717, 1.165) is 38.0 Å². The van der Waals surface area contributed by atoms with Crippen molar-refractivity contribution in [3.63, 3.8) is 0 Å². The van der Waals surface area contributed by atoms with E-state index in [9.17, 15) is 5.11 Å². The summed E-state index contributed by atoms with van der Waals surface area (Å²) in [6.45, 7) is 7.94. The summed E-state index contributed by atoms with van der Waals surface area (Å²) >= 11 is 0. The number of rotatable bonds is 7. The Hall–Kier alpha value is -0.120. The van der Waals surface area contributed by atoms with Crippen LogP contribution in [0.15, 0.2) is 0 Å². The lowest BCUT2D eigenvalue weighted by Crippen LogP contribution is -2.43. The highest BCUT2D eigenvalue weighted by Gasteiger charge is 2.39. The molecule has 0 heterocycles. The Morgan fingerprint density at radius 1 is 1.24 bits per heavy atom. The van der Waals surface area contributed by atoms with E-state index in [1.807, 2.05) is 0 Å². The predicted octanol–water partition coefficient (Wildman–Crippen LogP) is 1.47. The number of nitrogens with one attached hydrogen (secondary N) is 1. The van der Waals surface area contributed by atoms with Crippen molar-refractivity contribution in [1.29, 1.82) is 0 Å². The molecule has 0 saturated heterocycles. The Labute approximate surface area is 106 Å². The Balaban J connectivity index is 1.64. The van der Waals surface area contributed by atoms with E-state index in [1.54, 1.807) is 0 Å². The minimum Gasteiger partial charge on any atom is -0.390 e. The zero-order chi connectivity index (χ0) is 12.3. The second kappa shape index (κ2) is 6.17. The van der Waals surface area contributed by atoms with Gasteiger partial charge in [-0.2, -0.15) is 0 Å². The molecule has 3 heteroatoms. The van der Waals surface area contributed by atoms with Gasteiger partial charge in [-0.15, -0.1) is 0 Å². The summed E-state index contributed by atoms with van der Waals surface area (Å²) in [6, 6.07) is 0.695. The van der Waals surface area contributed by atoms with Crippen molar-refractivity contribution in [3.8, 4) is 0 Å². The first-order valence-electron chi connectivity index (χ1n) is 7.36. The molecule has 2 aliphatic carbocycles. The monoisotopic (exact) mass is 240 g/mol. The second-order valence-electron chi connectivity index (χ2n) is 5.83. The number of hydrogen-bond donors (Lipinski definition) is 2. The molecular formula is C14H28N2O. The largest absolute Gasteiger partial charge is 0.390 e.